The number of nitrogens with zero attached hydrogens (tertiary/aromatic N) is 1. The number of hydrogen-bond donors (Lipinski definition) is 1. The molecule has 7 heteroatoms. The van der Waals surface area contributed by atoms with E-state index < -0.39 is 10.0 Å². The van der Waals surface area contributed by atoms with E-state index in [4.69, 9.17) is 4.74 Å². The quantitative estimate of drug-likeness (QED) is 0.708. The Bertz CT molecular complexity index is 968. The van der Waals surface area contributed by atoms with Gasteiger partial charge in [0.05, 0.1) is 12.8 Å². The minimum Gasteiger partial charge on any atom is -0.495 e. The lowest BCUT2D eigenvalue weighted by atomic mass is 10.0. The van der Waals surface area contributed by atoms with Gasteiger partial charge in [-0.3, -0.25) is 4.72 Å². The molecule has 0 unspecified atom stereocenters. The Kier molecular flexibility index (Phi) is 5.72. The lowest BCUT2D eigenvalue weighted by Crippen LogP contribution is -2.22. The van der Waals surface area contributed by atoms with E-state index in [1.54, 1.807) is 18.2 Å². The van der Waals surface area contributed by atoms with Gasteiger partial charge in [0.15, 0.2) is 0 Å². The molecule has 2 aromatic carbocycles. The van der Waals surface area contributed by atoms with Crippen molar-refractivity contribution in [2.45, 2.75) is 38.5 Å². The second-order valence-corrected chi connectivity index (χ2v) is 9.52. The first-order valence-electron chi connectivity index (χ1n) is 8.96. The summed E-state index contributed by atoms with van der Waals surface area (Å²) in [4.78, 5) is 2.46. The van der Waals surface area contributed by atoms with Crippen molar-refractivity contribution in [2.75, 3.05) is 29.8 Å². The molecule has 0 spiro atoms. The van der Waals surface area contributed by atoms with Crippen LogP contribution in [0.5, 0.6) is 5.75 Å². The molecule has 0 saturated carbocycles. The largest absolute Gasteiger partial charge is 0.495 e. The fraction of sp³-hybridized carbons (Fsp3) is 0.400. The Balaban J connectivity index is 2.07. The normalized spacial score (nSPS) is 14.5. The van der Waals surface area contributed by atoms with Gasteiger partial charge in [-0.15, -0.1) is 0 Å². The molecule has 1 N–H and O–H groups in total. The number of ether oxygens (including phenoxy) is 1. The van der Waals surface area contributed by atoms with E-state index in [0.717, 1.165) is 29.9 Å². The Hall–Kier alpha value is -1.73. The van der Waals surface area contributed by atoms with Gasteiger partial charge >= 0.3 is 0 Å². The molecule has 0 amide bonds. The van der Waals surface area contributed by atoms with E-state index >= 15 is 0 Å². The first kappa shape index (κ1) is 20.0. The van der Waals surface area contributed by atoms with Crippen LogP contribution in [0, 0.1) is 20.8 Å². The van der Waals surface area contributed by atoms with Crippen molar-refractivity contribution in [3.05, 3.63) is 45.4 Å². The van der Waals surface area contributed by atoms with Crippen molar-refractivity contribution in [1.29, 1.82) is 0 Å². The Morgan fingerprint density at radius 2 is 1.74 bits per heavy atom. The average molecular weight is 453 g/mol. The highest BCUT2D eigenvalue weighted by Crippen LogP contribution is 2.37. The van der Waals surface area contributed by atoms with Crippen molar-refractivity contribution in [2.24, 2.45) is 0 Å². The minimum absolute atomic E-state index is 0.112. The highest BCUT2D eigenvalue weighted by atomic mass is 79.9. The van der Waals surface area contributed by atoms with Crippen molar-refractivity contribution < 1.29 is 13.2 Å². The van der Waals surface area contributed by atoms with E-state index in [2.05, 4.69) is 38.5 Å². The lowest BCUT2D eigenvalue weighted by Gasteiger charge is -2.26. The topological polar surface area (TPSA) is 58.6 Å². The van der Waals surface area contributed by atoms with Crippen LogP contribution in [0.3, 0.4) is 0 Å². The van der Waals surface area contributed by atoms with Crippen LogP contribution in [0.25, 0.3) is 0 Å². The Morgan fingerprint density at radius 3 is 2.37 bits per heavy atom. The SMILES string of the molecule is COc1ccc(Br)cc1S(=O)(=O)Nc1c(C)cc(C)c(N2CCCC2)c1C. The van der Waals surface area contributed by atoms with Crippen molar-refractivity contribution in [1.82, 2.24) is 0 Å². The van der Waals surface area contributed by atoms with Crippen LogP contribution >= 0.6 is 15.9 Å². The molecule has 1 fully saturated rings. The standard InChI is InChI=1S/C20H25BrN2O3S/c1-13-11-14(2)20(23-9-5-6-10-23)15(3)19(13)22-27(24,25)18-12-16(21)7-8-17(18)26-4/h7-8,11-12,22H,5-6,9-10H2,1-4H3. The molecule has 2 aromatic rings. The fourth-order valence-electron chi connectivity index (χ4n) is 3.81. The summed E-state index contributed by atoms with van der Waals surface area (Å²) in [6, 6.07) is 7.01. The van der Waals surface area contributed by atoms with E-state index in [1.807, 2.05) is 13.8 Å². The van der Waals surface area contributed by atoms with Gasteiger partial charge in [-0.05, 0) is 68.5 Å². The van der Waals surface area contributed by atoms with Gasteiger partial charge in [0, 0.05) is 23.2 Å². The van der Waals surface area contributed by atoms with Crippen LogP contribution in [-0.4, -0.2) is 28.6 Å². The molecule has 0 bridgehead atoms. The summed E-state index contributed by atoms with van der Waals surface area (Å²) in [5.74, 6) is 0.313. The second-order valence-electron chi connectivity index (χ2n) is 6.95. The summed E-state index contributed by atoms with van der Waals surface area (Å²) in [5.41, 5.74) is 4.83. The van der Waals surface area contributed by atoms with Crippen LogP contribution in [0.4, 0.5) is 11.4 Å². The summed E-state index contributed by atoms with van der Waals surface area (Å²) >= 11 is 3.34. The summed E-state index contributed by atoms with van der Waals surface area (Å²) in [6.45, 7) is 8.03. The number of sulfonamides is 1. The number of rotatable bonds is 5. The molecule has 5 nitrogen and oxygen atoms in total. The van der Waals surface area contributed by atoms with Crippen molar-refractivity contribution in [3.63, 3.8) is 0 Å². The molecule has 27 heavy (non-hydrogen) atoms. The maximum absolute atomic E-state index is 13.1. The zero-order valence-electron chi connectivity index (χ0n) is 16.1. The Labute approximate surface area is 169 Å². The van der Waals surface area contributed by atoms with Gasteiger partial charge < -0.3 is 9.64 Å². The fourth-order valence-corrected chi connectivity index (χ4v) is 5.71. The zero-order chi connectivity index (χ0) is 19.8. The van der Waals surface area contributed by atoms with Gasteiger partial charge in [-0.25, -0.2) is 8.42 Å². The number of benzene rings is 2. The van der Waals surface area contributed by atoms with E-state index in [0.29, 0.717) is 15.9 Å². The van der Waals surface area contributed by atoms with Gasteiger partial charge in [0.25, 0.3) is 10.0 Å². The summed E-state index contributed by atoms with van der Waals surface area (Å²) in [7, 11) is -2.33. The van der Waals surface area contributed by atoms with Crippen LogP contribution in [0.2, 0.25) is 0 Å². The molecule has 1 saturated heterocycles. The second kappa shape index (κ2) is 7.72. The number of halogens is 1. The number of anilines is 2. The molecule has 1 heterocycles. The van der Waals surface area contributed by atoms with Gasteiger partial charge in [0.2, 0.25) is 0 Å². The number of methoxy groups -OCH3 is 1. The summed E-state index contributed by atoms with van der Waals surface area (Å²) in [6.07, 6.45) is 2.34. The van der Waals surface area contributed by atoms with Gasteiger partial charge in [0.1, 0.15) is 10.6 Å². The van der Waals surface area contributed by atoms with Crippen LogP contribution in [-0.2, 0) is 10.0 Å². The molecular formula is C20H25BrN2O3S. The van der Waals surface area contributed by atoms with Gasteiger partial charge in [-0.2, -0.15) is 0 Å². The van der Waals surface area contributed by atoms with Gasteiger partial charge in [-0.1, -0.05) is 22.0 Å². The number of aryl methyl sites for hydroxylation is 2. The van der Waals surface area contributed by atoms with Crippen LogP contribution in [0.1, 0.15) is 29.5 Å². The third kappa shape index (κ3) is 3.94. The van der Waals surface area contributed by atoms with Crippen molar-refractivity contribution in [3.8, 4) is 5.75 Å². The minimum atomic E-state index is -3.80. The molecule has 0 aliphatic carbocycles. The maximum atomic E-state index is 13.1. The number of nitrogens with one attached hydrogen (secondary N) is 1. The molecule has 3 rings (SSSR count). The smallest absolute Gasteiger partial charge is 0.265 e. The predicted octanol–water partition coefficient (Wildman–Crippen LogP) is 4.78. The highest BCUT2D eigenvalue weighted by molar-refractivity contribution is 9.10. The van der Waals surface area contributed by atoms with Crippen LogP contribution in [0.15, 0.2) is 33.6 Å². The average Bonchev–Trinajstić information content (AvgIpc) is 3.12. The maximum Gasteiger partial charge on any atom is 0.265 e. The summed E-state index contributed by atoms with van der Waals surface area (Å²) in [5, 5.41) is 0. The predicted molar refractivity (Wildman–Crippen MR) is 114 cm³/mol. The first-order chi connectivity index (χ1) is 12.7. The number of hydrogen-bond acceptors (Lipinski definition) is 4. The van der Waals surface area contributed by atoms with Crippen molar-refractivity contribution >= 4 is 37.3 Å². The lowest BCUT2D eigenvalue weighted by molar-refractivity contribution is 0.403. The zero-order valence-corrected chi connectivity index (χ0v) is 18.5. The van der Waals surface area contributed by atoms with E-state index in [9.17, 15) is 8.42 Å². The third-order valence-electron chi connectivity index (χ3n) is 5.00. The third-order valence-corrected chi connectivity index (χ3v) is 6.87. The molecule has 0 atom stereocenters. The Morgan fingerprint density at radius 1 is 1.07 bits per heavy atom. The van der Waals surface area contributed by atoms with E-state index in [-0.39, 0.29) is 4.90 Å². The first-order valence-corrected chi connectivity index (χ1v) is 11.2. The van der Waals surface area contributed by atoms with E-state index in [1.165, 1.54) is 25.5 Å². The molecule has 146 valence electrons. The molecule has 0 radical (unpaired) electrons. The summed E-state index contributed by atoms with van der Waals surface area (Å²) < 4.78 is 35.0. The highest BCUT2D eigenvalue weighted by Gasteiger charge is 2.25. The van der Waals surface area contributed by atoms with Crippen LogP contribution < -0.4 is 14.4 Å². The molecule has 0 aromatic heterocycles. The molecule has 1 aliphatic rings. The molecular weight excluding hydrogens is 428 g/mol. The monoisotopic (exact) mass is 452 g/mol. The molecule has 1 aliphatic heterocycles.